The summed E-state index contributed by atoms with van der Waals surface area (Å²) in [5, 5.41) is 24.1. The van der Waals surface area contributed by atoms with Crippen molar-refractivity contribution in [2.45, 2.75) is 62.8 Å². The van der Waals surface area contributed by atoms with Crippen LogP contribution in [0.4, 0.5) is 13.2 Å². The van der Waals surface area contributed by atoms with Crippen molar-refractivity contribution in [3.8, 4) is 5.75 Å². The Labute approximate surface area is 187 Å². The Bertz CT molecular complexity index is 1100. The van der Waals surface area contributed by atoms with Gasteiger partial charge in [-0.05, 0) is 62.1 Å². The Balaban J connectivity index is 1.40. The number of aliphatic hydroxyl groups excluding tert-OH is 1. The van der Waals surface area contributed by atoms with Crippen LogP contribution in [0, 0.1) is 0 Å². The topological polar surface area (TPSA) is 98.4 Å². The predicted molar refractivity (Wildman–Crippen MR) is 110 cm³/mol. The minimum Gasteiger partial charge on any atom is -0.504 e. The number of rotatable bonds is 3. The maximum atomic E-state index is 13.7. The maximum absolute atomic E-state index is 13.7. The Kier molecular flexibility index (Phi) is 5.26. The zero-order valence-corrected chi connectivity index (χ0v) is 17.9. The third-order valence-corrected chi connectivity index (χ3v) is 6.92. The molecule has 2 aromatic heterocycles. The van der Waals surface area contributed by atoms with Gasteiger partial charge in [0.05, 0.1) is 6.10 Å². The fraction of sp³-hybridized carbons (Fsp3) is 0.591. The van der Waals surface area contributed by atoms with Crippen molar-refractivity contribution in [3.63, 3.8) is 0 Å². The van der Waals surface area contributed by atoms with E-state index in [1.807, 2.05) is 0 Å². The molecule has 3 aliphatic rings. The van der Waals surface area contributed by atoms with E-state index in [0.717, 1.165) is 18.9 Å². The van der Waals surface area contributed by atoms with Crippen molar-refractivity contribution in [2.75, 3.05) is 19.6 Å². The van der Waals surface area contributed by atoms with E-state index in [4.69, 9.17) is 0 Å². The molecule has 0 atom stereocenters. The first-order chi connectivity index (χ1) is 15.6. The number of carbonyl (C=O) groups excluding carboxylic acids is 2. The number of alkyl halides is 3. The third kappa shape index (κ3) is 4.03. The van der Waals surface area contributed by atoms with Gasteiger partial charge in [-0.2, -0.15) is 18.3 Å². The molecule has 5 rings (SSSR count). The van der Waals surface area contributed by atoms with Crippen molar-refractivity contribution in [1.82, 2.24) is 19.4 Å². The van der Waals surface area contributed by atoms with E-state index in [9.17, 15) is 33.0 Å². The molecular formula is C22H25F3N4O4. The molecule has 8 nitrogen and oxygen atoms in total. The molecule has 2 N–H and O–H groups in total. The number of nitrogens with zero attached hydrogens (tertiary/aromatic N) is 4. The fourth-order valence-electron chi connectivity index (χ4n) is 4.92. The second kappa shape index (κ2) is 7.89. The lowest BCUT2D eigenvalue weighted by Gasteiger charge is -2.41. The van der Waals surface area contributed by atoms with Crippen LogP contribution in [0.25, 0.3) is 5.52 Å². The first-order valence-corrected chi connectivity index (χ1v) is 11.2. The number of hydrogen-bond donors (Lipinski definition) is 2. The number of aliphatic hydroxyl groups is 1. The normalized spacial score (nSPS) is 24.5. The average molecular weight is 466 g/mol. The monoisotopic (exact) mass is 466 g/mol. The van der Waals surface area contributed by atoms with Crippen LogP contribution in [-0.2, 0) is 11.0 Å². The van der Waals surface area contributed by atoms with Crippen LogP contribution in [0.1, 0.15) is 66.2 Å². The second-order valence-corrected chi connectivity index (χ2v) is 9.22. The number of halogens is 3. The van der Waals surface area contributed by atoms with Gasteiger partial charge < -0.3 is 20.0 Å². The van der Waals surface area contributed by atoms with Crippen LogP contribution >= 0.6 is 0 Å². The van der Waals surface area contributed by atoms with E-state index in [0.29, 0.717) is 42.3 Å². The van der Waals surface area contributed by atoms with Gasteiger partial charge in [-0.3, -0.25) is 9.59 Å². The van der Waals surface area contributed by atoms with Crippen LogP contribution in [0.3, 0.4) is 0 Å². The van der Waals surface area contributed by atoms with Crippen LogP contribution in [0.2, 0.25) is 0 Å². The van der Waals surface area contributed by atoms with Gasteiger partial charge in [0.25, 0.3) is 5.91 Å². The van der Waals surface area contributed by atoms with E-state index in [1.165, 1.54) is 11.0 Å². The summed E-state index contributed by atoms with van der Waals surface area (Å²) in [6, 6.07) is 2.48. The molecule has 11 heteroatoms. The smallest absolute Gasteiger partial charge is 0.433 e. The summed E-state index contributed by atoms with van der Waals surface area (Å²) in [7, 11) is 0. The lowest BCUT2D eigenvalue weighted by Crippen LogP contribution is -2.56. The van der Waals surface area contributed by atoms with Gasteiger partial charge in [0, 0.05) is 19.1 Å². The Morgan fingerprint density at radius 1 is 1.06 bits per heavy atom. The summed E-state index contributed by atoms with van der Waals surface area (Å²) in [6.45, 7) is 0.250. The highest BCUT2D eigenvalue weighted by atomic mass is 19.4. The first-order valence-electron chi connectivity index (χ1n) is 11.2. The Morgan fingerprint density at radius 2 is 1.76 bits per heavy atom. The lowest BCUT2D eigenvalue weighted by atomic mass is 9.91. The summed E-state index contributed by atoms with van der Waals surface area (Å²) in [5.41, 5.74) is -1.24. The van der Waals surface area contributed by atoms with Gasteiger partial charge >= 0.3 is 6.18 Å². The SMILES string of the molecule is O=C(c1nn2c(C(F)(F)F)cc(C3CC3)cc2c1O)N1CCN([C@H]2CC[C@H](O)CC2)C(=O)C1. The maximum Gasteiger partial charge on any atom is 0.433 e. The molecule has 0 bridgehead atoms. The standard InChI is InChI=1S/C22H25F3N4O4/c23-22(24,25)17-10-13(12-1-2-12)9-16-20(32)19(26-29(16)17)21(33)27-7-8-28(18(31)11-27)14-3-5-15(30)6-4-14/h9-10,12,14-15,30,32H,1-8,11H2/t14-,15-. The van der Waals surface area contributed by atoms with Gasteiger partial charge in [0.2, 0.25) is 5.91 Å². The molecule has 2 aliphatic carbocycles. The van der Waals surface area contributed by atoms with Crippen LogP contribution in [-0.4, -0.2) is 73.2 Å². The van der Waals surface area contributed by atoms with Gasteiger partial charge in [0.1, 0.15) is 17.8 Å². The number of aromatic nitrogens is 2. The number of hydrogen-bond acceptors (Lipinski definition) is 5. The molecule has 2 saturated carbocycles. The summed E-state index contributed by atoms with van der Waals surface area (Å²) in [4.78, 5) is 28.7. The fourth-order valence-corrected chi connectivity index (χ4v) is 4.92. The molecular weight excluding hydrogens is 441 g/mol. The molecule has 1 aliphatic heterocycles. The van der Waals surface area contributed by atoms with Gasteiger partial charge in [-0.15, -0.1) is 0 Å². The third-order valence-electron chi connectivity index (χ3n) is 6.92. The second-order valence-electron chi connectivity index (χ2n) is 9.22. The number of fused-ring (bicyclic) bond motifs is 1. The lowest BCUT2D eigenvalue weighted by molar-refractivity contribution is -0.142. The molecule has 3 fully saturated rings. The molecule has 0 spiro atoms. The highest BCUT2D eigenvalue weighted by Gasteiger charge is 2.39. The van der Waals surface area contributed by atoms with Crippen molar-refractivity contribution >= 4 is 17.3 Å². The highest BCUT2D eigenvalue weighted by Crippen LogP contribution is 2.44. The molecule has 2 aromatic rings. The molecule has 3 heterocycles. The van der Waals surface area contributed by atoms with Crippen molar-refractivity contribution in [1.29, 1.82) is 0 Å². The van der Waals surface area contributed by atoms with Gasteiger partial charge in [-0.1, -0.05) is 0 Å². The molecule has 178 valence electrons. The summed E-state index contributed by atoms with van der Waals surface area (Å²) in [6.07, 6.45) is -0.875. The number of amides is 2. The predicted octanol–water partition coefficient (Wildman–Crippen LogP) is 2.52. The number of aromatic hydroxyl groups is 1. The number of pyridine rings is 1. The van der Waals surface area contributed by atoms with Crippen LogP contribution in [0.5, 0.6) is 5.75 Å². The van der Waals surface area contributed by atoms with Crippen molar-refractivity contribution < 1.29 is 33.0 Å². The molecule has 33 heavy (non-hydrogen) atoms. The van der Waals surface area contributed by atoms with E-state index >= 15 is 0 Å². The number of piperazine rings is 1. The molecule has 1 saturated heterocycles. The Hall–Kier alpha value is -2.82. The molecule has 0 aromatic carbocycles. The van der Waals surface area contributed by atoms with Crippen molar-refractivity contribution in [2.24, 2.45) is 0 Å². The molecule has 0 unspecified atom stereocenters. The highest BCUT2D eigenvalue weighted by molar-refractivity contribution is 5.99. The largest absolute Gasteiger partial charge is 0.504 e. The Morgan fingerprint density at radius 3 is 2.36 bits per heavy atom. The summed E-state index contributed by atoms with van der Waals surface area (Å²) >= 11 is 0. The molecule has 2 amide bonds. The van der Waals surface area contributed by atoms with Crippen LogP contribution in [0.15, 0.2) is 12.1 Å². The average Bonchev–Trinajstić information content (AvgIpc) is 3.57. The summed E-state index contributed by atoms with van der Waals surface area (Å²) < 4.78 is 41.6. The van der Waals surface area contributed by atoms with E-state index in [1.54, 1.807) is 4.90 Å². The van der Waals surface area contributed by atoms with E-state index < -0.39 is 29.2 Å². The van der Waals surface area contributed by atoms with Crippen molar-refractivity contribution in [3.05, 3.63) is 29.1 Å². The van der Waals surface area contributed by atoms with Gasteiger partial charge in [-0.25, -0.2) is 4.52 Å². The molecule has 0 radical (unpaired) electrons. The zero-order valence-electron chi connectivity index (χ0n) is 17.9. The van der Waals surface area contributed by atoms with E-state index in [2.05, 4.69) is 5.10 Å². The van der Waals surface area contributed by atoms with Crippen LogP contribution < -0.4 is 0 Å². The quantitative estimate of drug-likeness (QED) is 0.725. The first kappa shape index (κ1) is 22.0. The summed E-state index contributed by atoms with van der Waals surface area (Å²) in [5.74, 6) is -1.63. The minimum absolute atomic E-state index is 0.0103. The van der Waals surface area contributed by atoms with Gasteiger partial charge in [0.15, 0.2) is 11.4 Å². The zero-order chi connectivity index (χ0) is 23.5. The van der Waals surface area contributed by atoms with E-state index in [-0.39, 0.29) is 42.6 Å². The number of carbonyl (C=O) groups is 2. The minimum atomic E-state index is -4.71.